The SMILES string of the molecule is C.C.C.C.CC.CC.CC.CC.CC(C)(C)c1nccn1C[C@H]1CCC2=C(C1=O)c1cccc3ccc[n+]2c13.Cc1nccn1C[C@H]1CCC2=C(C1=O)c1cccc3ccc[n+]2c13.O=C1C2=C(CC[C@@H]1Cn1ccnc1CC1CC1)[n+]1cccc3cccc2c31.O=C1C2=C(CC[C@@H]1Cn1ccnc1CC1CCC1)[n+]1cccc3cccc2c31. The smallest absolute Gasteiger partial charge is 0.226 e. The fraction of sp³-hybridized carbons (Fsp3) is 0.412. The number of carbonyl (C=O) groups is 4. The van der Waals surface area contributed by atoms with Crippen molar-refractivity contribution in [3.8, 4) is 0 Å². The van der Waals surface area contributed by atoms with Crippen LogP contribution in [0.5, 0.6) is 0 Å². The molecule has 10 aliphatic rings. The Balaban J connectivity index is 0.000000148. The normalized spacial score (nSPS) is 18.4. The summed E-state index contributed by atoms with van der Waals surface area (Å²) in [5.41, 5.74) is 17.6. The molecule has 118 heavy (non-hydrogen) atoms. The fourth-order valence-corrected chi connectivity index (χ4v) is 18.8. The standard InChI is InChI=1S/C24H24N3O.C23H22N3O.C23H24N3O.C20H18N3O.4C2H6.4CH4/c28-24-18(15-26-13-11-25-21(26)14-16-4-1-5-16)9-10-20-22(24)19-8-2-6-17-7-3-12-27(20)23(17)19;27-23-17(14-25-12-10-24-20(25)13-15-6-7-15)8-9-19-21(23)18-5-1-3-16-4-2-11-26(19)22(16)18;1-23(2,3)22-24-11-13-25(22)14-16-9-10-18-19(21(16)27)17-8-4-6-15-7-5-12-26(18)20(15)17;1-13-21-9-11-22(13)12-15-7-8-17-18(20(15)24)16-6-2-4-14-5-3-10-23(17)19(14)16;4*1-2;;;;/h2-3,6-8,11-13,16,18H,1,4-5,9-10,14-15H2;1-5,10-12,15,17H,6-9,13-14H2;4-8,11-13,16H,9-10,14H2,1-3H3;2-6,9-11,15H,7-8,12H2,1H3;4*1-2H3;4*1H4/q4*+1;;;;;;;;/t18-;17-;16-;15-;;;;;;;;/m1111......../s1. The van der Waals surface area contributed by atoms with E-state index in [1.54, 1.807) is 6.20 Å². The molecule has 2 saturated carbocycles. The molecule has 0 spiro atoms. The number of allylic oxidation sites excluding steroid dienone is 8. The number of hydrogen-bond acceptors (Lipinski definition) is 8. The second kappa shape index (κ2) is 37.7. The molecule has 0 unspecified atom stereocenters. The number of rotatable bonds is 12. The third-order valence-electron chi connectivity index (χ3n) is 24.5. The van der Waals surface area contributed by atoms with Gasteiger partial charge in [-0.05, 0) is 130 Å². The zero-order valence-corrected chi connectivity index (χ0v) is 68.9. The third-order valence-corrected chi connectivity index (χ3v) is 24.5. The quantitative estimate of drug-likeness (QED) is 0.110. The predicted octanol–water partition coefficient (Wildman–Crippen LogP) is 21.3. The first-order valence-electron chi connectivity index (χ1n) is 42.6. The molecule has 12 aromatic rings. The molecule has 0 bridgehead atoms. The van der Waals surface area contributed by atoms with Gasteiger partial charge in [-0.2, -0.15) is 18.3 Å². The molecule has 6 aliphatic carbocycles. The molecule has 8 aromatic heterocycles. The maximum absolute atomic E-state index is 13.5. The summed E-state index contributed by atoms with van der Waals surface area (Å²) < 4.78 is 17.7. The number of nitrogens with zero attached hydrogens (tertiary/aromatic N) is 12. The van der Waals surface area contributed by atoms with Crippen LogP contribution in [0, 0.1) is 42.4 Å². The van der Waals surface area contributed by atoms with Gasteiger partial charge >= 0.3 is 0 Å². The van der Waals surface area contributed by atoms with Gasteiger partial charge in [-0.3, -0.25) is 19.2 Å². The maximum atomic E-state index is 13.5. The highest BCUT2D eigenvalue weighted by atomic mass is 16.1. The van der Waals surface area contributed by atoms with Gasteiger partial charge < -0.3 is 18.3 Å². The van der Waals surface area contributed by atoms with E-state index in [-0.39, 0.29) is 70.4 Å². The van der Waals surface area contributed by atoms with Crippen molar-refractivity contribution < 1.29 is 37.4 Å². The molecule has 16 heteroatoms. The monoisotopic (exact) mass is 1590 g/mol. The highest BCUT2D eigenvalue weighted by Crippen LogP contribution is 2.46. The molecule has 616 valence electrons. The van der Waals surface area contributed by atoms with Crippen molar-refractivity contribution in [2.24, 2.45) is 35.5 Å². The van der Waals surface area contributed by atoms with Crippen LogP contribution < -0.4 is 18.3 Å². The molecule has 4 atom stereocenters. The van der Waals surface area contributed by atoms with Crippen molar-refractivity contribution in [2.45, 2.75) is 241 Å². The zero-order chi connectivity index (χ0) is 79.6. The van der Waals surface area contributed by atoms with Crippen molar-refractivity contribution >= 4 is 112 Å². The second-order valence-electron chi connectivity index (χ2n) is 32.1. The lowest BCUT2D eigenvalue weighted by molar-refractivity contribution is -0.552. The fourth-order valence-electron chi connectivity index (χ4n) is 18.8. The topological polar surface area (TPSA) is 155 Å². The Morgan fingerprint density at radius 1 is 0.347 bits per heavy atom. The van der Waals surface area contributed by atoms with E-state index >= 15 is 0 Å². The van der Waals surface area contributed by atoms with E-state index in [4.69, 9.17) is 0 Å². The second-order valence-corrected chi connectivity index (χ2v) is 32.1. The Hall–Kier alpha value is -11.0. The van der Waals surface area contributed by atoms with Gasteiger partial charge in [-0.15, -0.1) is 0 Å². The molecule has 12 heterocycles. The maximum Gasteiger partial charge on any atom is 0.226 e. The van der Waals surface area contributed by atoms with Crippen LogP contribution in [0.3, 0.4) is 0 Å². The Bertz CT molecular complexity index is 5790. The van der Waals surface area contributed by atoms with Crippen molar-refractivity contribution in [2.75, 3.05) is 0 Å². The number of fused-ring (bicyclic) bond motifs is 8. The minimum atomic E-state index is -0.0311. The van der Waals surface area contributed by atoms with Crippen LogP contribution in [0.15, 0.2) is 196 Å². The summed E-state index contributed by atoms with van der Waals surface area (Å²) in [4.78, 5) is 71.7. The average Bonchev–Trinajstić information content (AvgIpc) is 1.60. The first-order chi connectivity index (χ1) is 55.8. The summed E-state index contributed by atoms with van der Waals surface area (Å²) in [6.45, 7) is 27.4. The van der Waals surface area contributed by atoms with Gasteiger partial charge in [0.1, 0.15) is 23.3 Å². The summed E-state index contributed by atoms with van der Waals surface area (Å²) in [6, 6.07) is 41.9. The molecule has 22 rings (SSSR count). The Morgan fingerprint density at radius 3 is 0.924 bits per heavy atom. The first-order valence-corrected chi connectivity index (χ1v) is 42.6. The van der Waals surface area contributed by atoms with Gasteiger partial charge in [0, 0.05) is 189 Å². The first kappa shape index (κ1) is 87.8. The predicted molar refractivity (Wildman–Crippen MR) is 482 cm³/mol. The minimum absolute atomic E-state index is 0. The molecule has 16 nitrogen and oxygen atoms in total. The van der Waals surface area contributed by atoms with Crippen LogP contribution in [-0.2, 0) is 63.6 Å². The van der Waals surface area contributed by atoms with Crippen molar-refractivity contribution in [1.29, 1.82) is 0 Å². The van der Waals surface area contributed by atoms with Gasteiger partial charge in [0.2, 0.25) is 22.1 Å². The number of carbonyl (C=O) groups excluding carboxylic acids is 4. The van der Waals surface area contributed by atoms with E-state index in [1.807, 2.05) is 99.5 Å². The Labute approximate surface area is 700 Å². The van der Waals surface area contributed by atoms with Gasteiger partial charge in [0.05, 0.1) is 44.5 Å². The van der Waals surface area contributed by atoms with E-state index in [2.05, 4.69) is 230 Å². The van der Waals surface area contributed by atoms with Gasteiger partial charge in [-0.25, -0.2) is 19.9 Å². The number of ketones is 4. The molecule has 2 fully saturated rings. The Kier molecular flexibility index (Phi) is 28.1. The lowest BCUT2D eigenvalue weighted by Gasteiger charge is -2.26. The number of aromatic nitrogens is 12. The number of hydrogen-bond donors (Lipinski definition) is 0. The molecule has 0 N–H and O–H groups in total. The summed E-state index contributed by atoms with van der Waals surface area (Å²) in [6.07, 6.45) is 40.1. The van der Waals surface area contributed by atoms with Crippen molar-refractivity contribution in [3.63, 3.8) is 0 Å². The molecule has 4 aliphatic heterocycles. The largest absolute Gasteiger partial charge is 0.334 e. The number of Topliss-reactive ketones (excluding diaryl/α,β-unsaturated/α-hetero) is 4. The molecular formula is C102H128N12O4+4. The Morgan fingerprint density at radius 2 is 0.627 bits per heavy atom. The van der Waals surface area contributed by atoms with Crippen LogP contribution in [0.25, 0.3) is 88.7 Å². The van der Waals surface area contributed by atoms with E-state index in [0.29, 0.717) is 18.1 Å². The van der Waals surface area contributed by atoms with Crippen LogP contribution in [0.1, 0.15) is 235 Å². The van der Waals surface area contributed by atoms with E-state index < -0.39 is 0 Å². The minimum Gasteiger partial charge on any atom is -0.334 e. The van der Waals surface area contributed by atoms with Crippen LogP contribution in [-0.4, -0.2) is 61.3 Å². The van der Waals surface area contributed by atoms with Crippen LogP contribution >= 0.6 is 0 Å². The van der Waals surface area contributed by atoms with E-state index in [9.17, 15) is 19.2 Å². The summed E-state index contributed by atoms with van der Waals surface area (Å²) in [5.74, 6) is 7.19. The van der Waals surface area contributed by atoms with Gasteiger partial charge in [-0.1, -0.05) is 149 Å². The van der Waals surface area contributed by atoms with Gasteiger partial charge in [0.15, 0.2) is 70.7 Å². The molecular weight excluding hydrogens is 1460 g/mol. The number of pyridine rings is 4. The highest BCUT2D eigenvalue weighted by molar-refractivity contribution is 6.33. The van der Waals surface area contributed by atoms with Crippen molar-refractivity contribution in [1.82, 2.24) is 38.2 Å². The molecule has 0 saturated heterocycles. The van der Waals surface area contributed by atoms with Gasteiger partial charge in [0.25, 0.3) is 0 Å². The summed E-state index contributed by atoms with van der Waals surface area (Å²) in [7, 11) is 0. The number of imidazole rings is 4. The average molecular weight is 1590 g/mol. The van der Waals surface area contributed by atoms with Crippen LogP contribution in [0.4, 0.5) is 0 Å². The lowest BCUT2D eigenvalue weighted by Crippen LogP contribution is -2.34. The highest BCUT2D eigenvalue weighted by Gasteiger charge is 2.47. The number of aryl methyl sites for hydroxylation is 1. The lowest BCUT2D eigenvalue weighted by atomic mass is 9.82. The third kappa shape index (κ3) is 16.3. The van der Waals surface area contributed by atoms with Crippen molar-refractivity contribution in [3.05, 3.63) is 241 Å². The number of para-hydroxylation sites is 4. The van der Waals surface area contributed by atoms with E-state index in [1.165, 1.54) is 98.5 Å². The summed E-state index contributed by atoms with van der Waals surface area (Å²) in [5, 5.41) is 4.80. The molecule has 4 aromatic carbocycles. The zero-order valence-electron chi connectivity index (χ0n) is 68.9. The summed E-state index contributed by atoms with van der Waals surface area (Å²) >= 11 is 0. The molecule has 0 amide bonds. The van der Waals surface area contributed by atoms with E-state index in [0.717, 1.165) is 164 Å². The number of benzene rings is 4. The van der Waals surface area contributed by atoms with Crippen LogP contribution in [0.2, 0.25) is 0 Å². The molecule has 0 radical (unpaired) electrons.